The van der Waals surface area contributed by atoms with Gasteiger partial charge in [0.1, 0.15) is 5.75 Å². The van der Waals surface area contributed by atoms with E-state index in [-0.39, 0.29) is 29.9 Å². The minimum Gasteiger partial charge on any atom is -0.494 e. The van der Waals surface area contributed by atoms with Gasteiger partial charge in [-0.2, -0.15) is 4.31 Å². The number of amides is 1. The van der Waals surface area contributed by atoms with Crippen molar-refractivity contribution < 1.29 is 23.1 Å². The first kappa shape index (κ1) is 19.7. The Morgan fingerprint density at radius 3 is 2.72 bits per heavy atom. The molecule has 1 fully saturated rings. The Hall–Kier alpha value is -1.64. The van der Waals surface area contributed by atoms with Crippen molar-refractivity contribution in [3.8, 4) is 5.75 Å². The summed E-state index contributed by atoms with van der Waals surface area (Å²) in [6, 6.07) is 6.34. The average Bonchev–Trinajstić information content (AvgIpc) is 2.63. The van der Waals surface area contributed by atoms with E-state index in [1.54, 1.807) is 12.1 Å². The average molecular weight is 370 g/mol. The predicted molar refractivity (Wildman–Crippen MR) is 93.8 cm³/mol. The molecule has 1 heterocycles. The molecule has 7 nitrogen and oxygen atoms in total. The number of ether oxygens (including phenoxy) is 1. The molecule has 1 aromatic rings. The number of aliphatic hydroxyl groups excluding tert-OH is 1. The second-order valence-electron chi connectivity index (χ2n) is 5.97. The molecule has 140 valence electrons. The highest BCUT2D eigenvalue weighted by Crippen LogP contribution is 2.25. The topological polar surface area (TPSA) is 95.9 Å². The van der Waals surface area contributed by atoms with Crippen molar-refractivity contribution in [3.63, 3.8) is 0 Å². The van der Waals surface area contributed by atoms with Crippen molar-refractivity contribution in [3.05, 3.63) is 24.3 Å². The zero-order chi connectivity index (χ0) is 18.3. The summed E-state index contributed by atoms with van der Waals surface area (Å²) in [4.78, 5) is 12.4. The van der Waals surface area contributed by atoms with Gasteiger partial charge in [-0.25, -0.2) is 8.42 Å². The minimum absolute atomic E-state index is 0.0171. The summed E-state index contributed by atoms with van der Waals surface area (Å²) < 4.78 is 32.3. The van der Waals surface area contributed by atoms with Crippen LogP contribution in [0.15, 0.2) is 29.2 Å². The van der Waals surface area contributed by atoms with Crippen molar-refractivity contribution in [2.24, 2.45) is 5.92 Å². The lowest BCUT2D eigenvalue weighted by Crippen LogP contribution is -2.45. The third-order valence-electron chi connectivity index (χ3n) is 4.16. The normalized spacial score (nSPS) is 18.7. The number of carbonyl (C=O) groups excluding carboxylic acids is 1. The fourth-order valence-corrected chi connectivity index (χ4v) is 4.36. The standard InChI is InChI=1S/C17H26N2O5S/c1-2-24-15-6-8-16(9-7-15)25(22,23)19-11-3-5-14(13-19)17(21)18-10-4-12-20/h6-9,14,20H,2-5,10-13H2,1H3,(H,18,21). The van der Waals surface area contributed by atoms with Gasteiger partial charge in [0.15, 0.2) is 0 Å². The molecule has 0 aromatic heterocycles. The van der Waals surface area contributed by atoms with Crippen LogP contribution >= 0.6 is 0 Å². The van der Waals surface area contributed by atoms with Gasteiger partial charge in [0, 0.05) is 26.2 Å². The number of hydrogen-bond acceptors (Lipinski definition) is 5. The van der Waals surface area contributed by atoms with Gasteiger partial charge in [-0.15, -0.1) is 0 Å². The van der Waals surface area contributed by atoms with E-state index in [0.29, 0.717) is 44.7 Å². The highest BCUT2D eigenvalue weighted by Gasteiger charge is 2.33. The van der Waals surface area contributed by atoms with Crippen LogP contribution in [-0.4, -0.2) is 56.6 Å². The summed E-state index contributed by atoms with van der Waals surface area (Å²) in [6.07, 6.45) is 1.81. The van der Waals surface area contributed by atoms with Gasteiger partial charge >= 0.3 is 0 Å². The SMILES string of the molecule is CCOc1ccc(S(=O)(=O)N2CCCC(C(=O)NCCCO)C2)cc1. The lowest BCUT2D eigenvalue weighted by Gasteiger charge is -2.31. The highest BCUT2D eigenvalue weighted by atomic mass is 32.2. The van der Waals surface area contributed by atoms with Gasteiger partial charge in [-0.3, -0.25) is 4.79 Å². The van der Waals surface area contributed by atoms with E-state index in [4.69, 9.17) is 9.84 Å². The number of rotatable bonds is 8. The molecule has 1 saturated heterocycles. The summed E-state index contributed by atoms with van der Waals surface area (Å²) in [5, 5.41) is 11.5. The van der Waals surface area contributed by atoms with E-state index in [1.165, 1.54) is 16.4 Å². The molecule has 2 N–H and O–H groups in total. The fraction of sp³-hybridized carbons (Fsp3) is 0.588. The Morgan fingerprint density at radius 1 is 1.36 bits per heavy atom. The molecule has 1 aromatic carbocycles. The minimum atomic E-state index is -3.63. The van der Waals surface area contributed by atoms with E-state index in [2.05, 4.69) is 5.32 Å². The van der Waals surface area contributed by atoms with E-state index in [9.17, 15) is 13.2 Å². The number of sulfonamides is 1. The van der Waals surface area contributed by atoms with E-state index in [0.717, 1.165) is 0 Å². The maximum atomic E-state index is 12.8. The molecule has 0 radical (unpaired) electrons. The Morgan fingerprint density at radius 2 is 2.08 bits per heavy atom. The molecule has 1 aliphatic heterocycles. The molecule has 1 atom stereocenters. The summed E-state index contributed by atoms with van der Waals surface area (Å²) >= 11 is 0. The van der Waals surface area contributed by atoms with Crippen molar-refractivity contribution in [2.75, 3.05) is 32.8 Å². The molecule has 2 rings (SSSR count). The van der Waals surface area contributed by atoms with E-state index >= 15 is 0 Å². The molecule has 8 heteroatoms. The monoisotopic (exact) mass is 370 g/mol. The number of nitrogens with one attached hydrogen (secondary N) is 1. The van der Waals surface area contributed by atoms with Crippen LogP contribution in [0.3, 0.4) is 0 Å². The number of aliphatic hydroxyl groups is 1. The fourth-order valence-electron chi connectivity index (χ4n) is 2.83. The van der Waals surface area contributed by atoms with Gasteiger partial charge in [0.2, 0.25) is 15.9 Å². The van der Waals surface area contributed by atoms with Crippen molar-refractivity contribution in [1.29, 1.82) is 0 Å². The van der Waals surface area contributed by atoms with E-state index < -0.39 is 10.0 Å². The third kappa shape index (κ3) is 5.17. The first-order valence-corrected chi connectivity index (χ1v) is 10.0. The number of carbonyl (C=O) groups is 1. The van der Waals surface area contributed by atoms with Crippen LogP contribution < -0.4 is 10.1 Å². The molecule has 0 bridgehead atoms. The van der Waals surface area contributed by atoms with Crippen molar-refractivity contribution >= 4 is 15.9 Å². The summed E-state index contributed by atoms with van der Waals surface area (Å²) in [5.74, 6) is 0.117. The maximum absolute atomic E-state index is 12.8. The largest absolute Gasteiger partial charge is 0.494 e. The lowest BCUT2D eigenvalue weighted by molar-refractivity contribution is -0.126. The zero-order valence-electron chi connectivity index (χ0n) is 14.5. The zero-order valence-corrected chi connectivity index (χ0v) is 15.3. The number of benzene rings is 1. The number of hydrogen-bond donors (Lipinski definition) is 2. The van der Waals surface area contributed by atoms with Crippen LogP contribution in [0.4, 0.5) is 0 Å². The Balaban J connectivity index is 2.04. The molecule has 25 heavy (non-hydrogen) atoms. The van der Waals surface area contributed by atoms with Gasteiger partial charge in [0.25, 0.3) is 0 Å². The Labute approximate surface area is 149 Å². The number of piperidine rings is 1. The molecular formula is C17H26N2O5S. The predicted octanol–water partition coefficient (Wildman–Crippen LogP) is 0.985. The van der Waals surface area contributed by atoms with Crippen molar-refractivity contribution in [2.45, 2.75) is 31.1 Å². The van der Waals surface area contributed by atoms with Crippen LogP contribution in [-0.2, 0) is 14.8 Å². The Bertz CT molecular complexity index is 660. The highest BCUT2D eigenvalue weighted by molar-refractivity contribution is 7.89. The first-order valence-electron chi connectivity index (χ1n) is 8.60. The summed E-state index contributed by atoms with van der Waals surface area (Å²) in [5.41, 5.74) is 0. The summed E-state index contributed by atoms with van der Waals surface area (Å²) in [7, 11) is -3.63. The van der Waals surface area contributed by atoms with Gasteiger partial charge < -0.3 is 15.2 Å². The van der Waals surface area contributed by atoms with Crippen LogP contribution in [0.5, 0.6) is 5.75 Å². The van der Waals surface area contributed by atoms with Crippen LogP contribution in [0.25, 0.3) is 0 Å². The quantitative estimate of drug-likeness (QED) is 0.665. The number of nitrogens with zero attached hydrogens (tertiary/aromatic N) is 1. The van der Waals surface area contributed by atoms with Crippen LogP contribution in [0.2, 0.25) is 0 Å². The molecule has 0 spiro atoms. The maximum Gasteiger partial charge on any atom is 0.243 e. The summed E-state index contributed by atoms with van der Waals surface area (Å²) in [6.45, 7) is 3.40. The van der Waals surface area contributed by atoms with Crippen LogP contribution in [0, 0.1) is 5.92 Å². The third-order valence-corrected chi connectivity index (χ3v) is 6.04. The molecule has 1 aliphatic rings. The molecular weight excluding hydrogens is 344 g/mol. The second-order valence-corrected chi connectivity index (χ2v) is 7.91. The Kier molecular flexibility index (Phi) is 7.22. The van der Waals surface area contributed by atoms with Gasteiger partial charge in [0.05, 0.1) is 17.4 Å². The van der Waals surface area contributed by atoms with Gasteiger partial charge in [-0.1, -0.05) is 0 Å². The smallest absolute Gasteiger partial charge is 0.243 e. The molecule has 1 amide bonds. The van der Waals surface area contributed by atoms with Gasteiger partial charge in [-0.05, 0) is 50.5 Å². The molecule has 0 saturated carbocycles. The molecule has 1 unspecified atom stereocenters. The van der Waals surface area contributed by atoms with Crippen molar-refractivity contribution in [1.82, 2.24) is 9.62 Å². The van der Waals surface area contributed by atoms with Crippen LogP contribution in [0.1, 0.15) is 26.2 Å². The van der Waals surface area contributed by atoms with E-state index in [1.807, 2.05) is 6.92 Å². The second kappa shape index (κ2) is 9.17. The lowest BCUT2D eigenvalue weighted by atomic mass is 9.99. The molecule has 0 aliphatic carbocycles. The first-order chi connectivity index (χ1) is 12.0.